The lowest BCUT2D eigenvalue weighted by Crippen LogP contribution is -2.44. The predicted octanol–water partition coefficient (Wildman–Crippen LogP) is 4.92. The Kier molecular flexibility index (Phi) is 12.4. The SMILES string of the molecule is CC(C)(CCC(=O)CC(N)Cc1cc(F)ccc1F)CCC(=O)C(O)C(N)COCc1ccc(-c2cccnc2)cc1. The lowest BCUT2D eigenvalue weighted by molar-refractivity contribution is -0.129. The number of carbonyl (C=O) groups is 2. The molecule has 0 aliphatic heterocycles. The Morgan fingerprint density at radius 1 is 1.00 bits per heavy atom. The number of aliphatic hydroxyl groups excluding tert-OH is 1. The molecule has 0 bridgehead atoms. The molecule has 9 heteroatoms. The van der Waals surface area contributed by atoms with Crippen LogP contribution in [-0.2, 0) is 27.4 Å². The normalized spacial score (nSPS) is 13.9. The minimum atomic E-state index is -1.35. The number of nitrogens with two attached hydrogens (primary N) is 2. The van der Waals surface area contributed by atoms with E-state index in [1.165, 1.54) is 0 Å². The minimum Gasteiger partial charge on any atom is -0.384 e. The molecule has 0 aliphatic carbocycles. The van der Waals surface area contributed by atoms with E-state index >= 15 is 0 Å². The minimum absolute atomic E-state index is 0.0228. The van der Waals surface area contributed by atoms with Crippen LogP contribution in [0.2, 0.25) is 0 Å². The van der Waals surface area contributed by atoms with E-state index < -0.39 is 29.8 Å². The van der Waals surface area contributed by atoms with E-state index in [1.807, 2.05) is 50.2 Å². The maximum atomic E-state index is 13.9. The largest absolute Gasteiger partial charge is 0.384 e. The summed E-state index contributed by atoms with van der Waals surface area (Å²) in [5, 5.41) is 10.4. The number of hydrogen-bond acceptors (Lipinski definition) is 7. The van der Waals surface area contributed by atoms with Gasteiger partial charge < -0.3 is 21.3 Å². The van der Waals surface area contributed by atoms with Crippen LogP contribution in [0.25, 0.3) is 11.1 Å². The van der Waals surface area contributed by atoms with Crippen LogP contribution >= 0.6 is 0 Å². The van der Waals surface area contributed by atoms with E-state index in [1.54, 1.807) is 12.4 Å². The number of nitrogens with zero attached hydrogens (tertiary/aromatic N) is 1. The maximum absolute atomic E-state index is 13.9. The van der Waals surface area contributed by atoms with Crippen molar-refractivity contribution in [1.29, 1.82) is 0 Å². The number of aromatic nitrogens is 1. The third kappa shape index (κ3) is 10.8. The number of Topliss-reactive ketones (excluding diaryl/α,β-unsaturated/α-hetero) is 2. The van der Waals surface area contributed by atoms with Crippen molar-refractivity contribution in [2.75, 3.05) is 6.61 Å². The van der Waals surface area contributed by atoms with E-state index in [2.05, 4.69) is 4.98 Å². The molecule has 0 amide bonds. The van der Waals surface area contributed by atoms with Crippen molar-refractivity contribution < 1.29 is 28.2 Å². The van der Waals surface area contributed by atoms with Crippen LogP contribution < -0.4 is 11.5 Å². The molecule has 3 atom stereocenters. The van der Waals surface area contributed by atoms with Gasteiger partial charge >= 0.3 is 0 Å². The fourth-order valence-electron chi connectivity index (χ4n) is 4.63. The molecule has 42 heavy (non-hydrogen) atoms. The number of aliphatic hydroxyl groups is 1. The second-order valence-electron chi connectivity index (χ2n) is 11.6. The average molecular weight is 582 g/mol. The van der Waals surface area contributed by atoms with E-state index in [0.717, 1.165) is 34.9 Å². The molecule has 0 saturated carbocycles. The molecule has 2 aromatic carbocycles. The highest BCUT2D eigenvalue weighted by Crippen LogP contribution is 2.29. The number of rotatable bonds is 17. The zero-order valence-corrected chi connectivity index (χ0v) is 24.3. The van der Waals surface area contributed by atoms with Crippen molar-refractivity contribution in [3.05, 3.63) is 89.8 Å². The second-order valence-corrected chi connectivity index (χ2v) is 11.6. The summed E-state index contributed by atoms with van der Waals surface area (Å²) in [6, 6.07) is 13.4. The highest BCUT2D eigenvalue weighted by Gasteiger charge is 2.27. The van der Waals surface area contributed by atoms with Gasteiger partial charge in [-0.2, -0.15) is 0 Å². The van der Waals surface area contributed by atoms with Gasteiger partial charge in [-0.25, -0.2) is 8.78 Å². The highest BCUT2D eigenvalue weighted by molar-refractivity contribution is 5.83. The van der Waals surface area contributed by atoms with Gasteiger partial charge in [-0.05, 0) is 71.2 Å². The zero-order chi connectivity index (χ0) is 30.7. The molecule has 3 unspecified atom stereocenters. The molecule has 3 rings (SSSR count). The van der Waals surface area contributed by atoms with Gasteiger partial charge in [0.2, 0.25) is 0 Å². The third-order valence-corrected chi connectivity index (χ3v) is 7.37. The highest BCUT2D eigenvalue weighted by atomic mass is 19.1. The summed E-state index contributed by atoms with van der Waals surface area (Å²) in [4.78, 5) is 29.2. The summed E-state index contributed by atoms with van der Waals surface area (Å²) in [5.74, 6) is -1.55. The van der Waals surface area contributed by atoms with Gasteiger partial charge in [0.05, 0.1) is 19.3 Å². The molecule has 0 spiro atoms. The topological polar surface area (TPSA) is 129 Å². The number of ether oxygens (including phenoxy) is 1. The van der Waals surface area contributed by atoms with Crippen LogP contribution in [0.4, 0.5) is 8.78 Å². The first-order valence-electron chi connectivity index (χ1n) is 14.2. The van der Waals surface area contributed by atoms with Crippen LogP contribution in [0.5, 0.6) is 0 Å². The molecule has 0 radical (unpaired) electrons. The van der Waals surface area contributed by atoms with Gasteiger partial charge in [0.25, 0.3) is 0 Å². The number of carbonyl (C=O) groups excluding carboxylic acids is 2. The van der Waals surface area contributed by atoms with Gasteiger partial charge in [-0.3, -0.25) is 14.6 Å². The average Bonchev–Trinajstić information content (AvgIpc) is 2.97. The summed E-state index contributed by atoms with van der Waals surface area (Å²) in [5.41, 5.74) is 14.8. The van der Waals surface area contributed by atoms with Crippen molar-refractivity contribution in [2.45, 2.75) is 77.2 Å². The molecule has 226 valence electrons. The summed E-state index contributed by atoms with van der Waals surface area (Å²) >= 11 is 0. The molecular formula is C33H41F2N3O4. The third-order valence-electron chi connectivity index (χ3n) is 7.37. The fraction of sp³-hybridized carbons (Fsp3) is 0.424. The van der Waals surface area contributed by atoms with E-state index in [-0.39, 0.29) is 54.8 Å². The molecule has 5 N–H and O–H groups in total. The lowest BCUT2D eigenvalue weighted by atomic mass is 9.81. The van der Waals surface area contributed by atoms with Crippen LogP contribution in [0.3, 0.4) is 0 Å². The van der Waals surface area contributed by atoms with Gasteiger partial charge in [0, 0.05) is 37.7 Å². The van der Waals surface area contributed by atoms with E-state index in [9.17, 15) is 23.5 Å². The molecule has 0 fully saturated rings. The Morgan fingerprint density at radius 2 is 1.71 bits per heavy atom. The first-order chi connectivity index (χ1) is 19.9. The molecule has 1 heterocycles. The first kappa shape index (κ1) is 33.1. The molecule has 1 aromatic heterocycles. The summed E-state index contributed by atoms with van der Waals surface area (Å²) in [6.45, 7) is 4.22. The zero-order valence-electron chi connectivity index (χ0n) is 24.3. The van der Waals surface area contributed by atoms with E-state index in [0.29, 0.717) is 19.4 Å². The van der Waals surface area contributed by atoms with Crippen LogP contribution in [0.1, 0.15) is 57.1 Å². The Labute approximate surface area is 246 Å². The maximum Gasteiger partial charge on any atom is 0.162 e. The van der Waals surface area contributed by atoms with Crippen molar-refractivity contribution in [1.82, 2.24) is 4.98 Å². The Hall–Kier alpha value is -3.37. The number of pyridine rings is 1. The molecular weight excluding hydrogens is 540 g/mol. The van der Waals surface area contributed by atoms with Crippen molar-refractivity contribution in [3.8, 4) is 11.1 Å². The smallest absolute Gasteiger partial charge is 0.162 e. The van der Waals surface area contributed by atoms with Crippen molar-refractivity contribution in [3.63, 3.8) is 0 Å². The Bertz CT molecular complexity index is 1300. The number of ketones is 2. The number of hydrogen-bond donors (Lipinski definition) is 3. The monoisotopic (exact) mass is 581 g/mol. The standard InChI is InChI=1S/C33H41F2N3O4/c1-33(2,13-11-28(39)18-27(36)17-25-16-26(34)9-10-29(25)35)14-12-31(40)32(41)30(37)21-42-20-22-5-7-23(8-6-22)24-4-3-15-38-19-24/h3-10,15-16,19,27,30,32,41H,11-14,17-18,20-21,36-37H2,1-2H3. The number of halogens is 2. The summed E-state index contributed by atoms with van der Waals surface area (Å²) in [7, 11) is 0. The van der Waals surface area contributed by atoms with Crippen LogP contribution in [-0.4, -0.2) is 46.5 Å². The second kappa shape index (κ2) is 15.7. The Balaban J connectivity index is 1.34. The van der Waals surface area contributed by atoms with Crippen LogP contribution in [0.15, 0.2) is 67.0 Å². The summed E-state index contributed by atoms with van der Waals surface area (Å²) in [6.07, 6.45) is 3.63. The summed E-state index contributed by atoms with van der Waals surface area (Å²) < 4.78 is 32.9. The predicted molar refractivity (Wildman–Crippen MR) is 158 cm³/mol. The van der Waals surface area contributed by atoms with Crippen molar-refractivity contribution >= 4 is 11.6 Å². The van der Waals surface area contributed by atoms with Gasteiger partial charge in [-0.15, -0.1) is 0 Å². The number of benzene rings is 2. The molecule has 0 saturated heterocycles. The fourth-order valence-corrected chi connectivity index (χ4v) is 4.63. The molecule has 7 nitrogen and oxygen atoms in total. The molecule has 0 aliphatic rings. The quantitative estimate of drug-likeness (QED) is 0.206. The van der Waals surface area contributed by atoms with E-state index in [4.69, 9.17) is 16.2 Å². The molecule has 3 aromatic rings. The first-order valence-corrected chi connectivity index (χ1v) is 14.2. The Morgan fingerprint density at radius 3 is 2.40 bits per heavy atom. The van der Waals surface area contributed by atoms with Gasteiger partial charge in [0.15, 0.2) is 5.78 Å². The van der Waals surface area contributed by atoms with Gasteiger partial charge in [-0.1, -0.05) is 44.2 Å². The lowest BCUT2D eigenvalue weighted by Gasteiger charge is -2.25. The van der Waals surface area contributed by atoms with Crippen LogP contribution in [0, 0.1) is 17.0 Å². The van der Waals surface area contributed by atoms with Gasteiger partial charge in [0.1, 0.15) is 23.5 Å². The van der Waals surface area contributed by atoms with Crippen molar-refractivity contribution in [2.24, 2.45) is 16.9 Å².